The van der Waals surface area contributed by atoms with Gasteiger partial charge in [-0.05, 0) is 47.6 Å². The minimum Gasteiger partial charge on any atom is -0.326 e. The molecule has 0 saturated heterocycles. The lowest BCUT2D eigenvalue weighted by molar-refractivity contribution is 0.140. The van der Waals surface area contributed by atoms with Crippen LogP contribution in [0.15, 0.2) is 0 Å². The first-order valence-corrected chi connectivity index (χ1v) is 5.19. The summed E-state index contributed by atoms with van der Waals surface area (Å²) in [6.07, 6.45) is 2.22. The van der Waals surface area contributed by atoms with Crippen LogP contribution in [0.3, 0.4) is 0 Å². The Morgan fingerprint density at radius 3 is 1.92 bits per heavy atom. The molecule has 13 heavy (non-hydrogen) atoms. The summed E-state index contributed by atoms with van der Waals surface area (Å²) in [6.45, 7) is 12.0. The van der Waals surface area contributed by atoms with E-state index in [1.54, 1.807) is 0 Å². The van der Waals surface area contributed by atoms with E-state index in [4.69, 9.17) is 5.73 Å². The molecular weight excluding hydrogens is 160 g/mol. The van der Waals surface area contributed by atoms with Crippen molar-refractivity contribution in [1.29, 1.82) is 0 Å². The molecule has 0 heterocycles. The van der Waals surface area contributed by atoms with E-state index in [-0.39, 0.29) is 5.54 Å². The van der Waals surface area contributed by atoms with Crippen molar-refractivity contribution in [2.45, 2.75) is 58.5 Å². The molecule has 2 N–H and O–H groups in total. The molecule has 0 radical (unpaired) electrons. The van der Waals surface area contributed by atoms with Gasteiger partial charge in [0.2, 0.25) is 0 Å². The molecule has 0 saturated carbocycles. The maximum Gasteiger partial charge on any atom is 0.0147 e. The highest BCUT2D eigenvalue weighted by Gasteiger charge is 2.22. The summed E-state index contributed by atoms with van der Waals surface area (Å²) in [6, 6.07) is 0. The lowest BCUT2D eigenvalue weighted by Crippen LogP contribution is -2.44. The van der Waals surface area contributed by atoms with Gasteiger partial charge in [-0.1, -0.05) is 6.92 Å². The number of hydrogen-bond donors (Lipinski definition) is 1. The maximum absolute atomic E-state index is 5.94. The van der Waals surface area contributed by atoms with Gasteiger partial charge in [0.05, 0.1) is 0 Å². The zero-order chi connectivity index (χ0) is 10.7. The van der Waals surface area contributed by atoms with Crippen molar-refractivity contribution in [2.24, 2.45) is 5.73 Å². The number of nitrogens with two attached hydrogens (primary N) is 1. The van der Waals surface area contributed by atoms with Gasteiger partial charge in [0.15, 0.2) is 0 Å². The summed E-state index contributed by atoms with van der Waals surface area (Å²) >= 11 is 0. The van der Waals surface area contributed by atoms with Gasteiger partial charge in [-0.2, -0.15) is 0 Å². The van der Waals surface area contributed by atoms with Crippen molar-refractivity contribution in [3.8, 4) is 0 Å². The summed E-state index contributed by atoms with van der Waals surface area (Å²) < 4.78 is 0. The monoisotopic (exact) mass is 186 g/mol. The highest BCUT2D eigenvalue weighted by Crippen LogP contribution is 2.17. The molecule has 0 spiro atoms. The number of nitrogens with zero attached hydrogens (tertiary/aromatic N) is 1. The molecule has 0 fully saturated rings. The molecule has 0 bridgehead atoms. The van der Waals surface area contributed by atoms with E-state index >= 15 is 0 Å². The Bertz CT molecular complexity index is 145. The van der Waals surface area contributed by atoms with E-state index in [0.29, 0.717) is 5.54 Å². The quantitative estimate of drug-likeness (QED) is 0.713. The SMILES string of the molecule is CCC(C)(C)N(C)CCC(C)(C)N. The molecule has 0 aromatic carbocycles. The van der Waals surface area contributed by atoms with Crippen LogP contribution in [0.25, 0.3) is 0 Å². The summed E-state index contributed by atoms with van der Waals surface area (Å²) in [5.74, 6) is 0. The smallest absolute Gasteiger partial charge is 0.0147 e. The Labute approximate surface area is 83.5 Å². The molecule has 2 nitrogen and oxygen atoms in total. The zero-order valence-corrected chi connectivity index (χ0v) is 10.1. The summed E-state index contributed by atoms with van der Waals surface area (Å²) in [5.41, 5.74) is 6.20. The zero-order valence-electron chi connectivity index (χ0n) is 10.1. The second kappa shape index (κ2) is 4.43. The lowest BCUT2D eigenvalue weighted by Gasteiger charge is -2.36. The van der Waals surface area contributed by atoms with Gasteiger partial charge < -0.3 is 10.6 Å². The molecule has 0 aromatic heterocycles. The van der Waals surface area contributed by atoms with Crippen LogP contribution in [0.2, 0.25) is 0 Å². The Morgan fingerprint density at radius 1 is 1.15 bits per heavy atom. The van der Waals surface area contributed by atoms with Crippen molar-refractivity contribution in [3.05, 3.63) is 0 Å². The molecule has 0 aliphatic rings. The van der Waals surface area contributed by atoms with Crippen molar-refractivity contribution in [1.82, 2.24) is 4.90 Å². The first-order valence-electron chi connectivity index (χ1n) is 5.19. The van der Waals surface area contributed by atoms with Crippen LogP contribution >= 0.6 is 0 Å². The van der Waals surface area contributed by atoms with Gasteiger partial charge >= 0.3 is 0 Å². The second-order valence-corrected chi connectivity index (χ2v) is 5.33. The van der Waals surface area contributed by atoms with Crippen LogP contribution in [0, 0.1) is 0 Å². The average molecular weight is 186 g/mol. The first kappa shape index (κ1) is 12.9. The molecule has 0 aliphatic heterocycles. The predicted molar refractivity (Wildman–Crippen MR) is 59.9 cm³/mol. The fourth-order valence-corrected chi connectivity index (χ4v) is 1.03. The molecule has 80 valence electrons. The summed E-state index contributed by atoms with van der Waals surface area (Å²) in [5, 5.41) is 0. The van der Waals surface area contributed by atoms with E-state index < -0.39 is 0 Å². The first-order chi connectivity index (χ1) is 5.69. The third-order valence-corrected chi connectivity index (χ3v) is 2.99. The fourth-order valence-electron chi connectivity index (χ4n) is 1.03. The van der Waals surface area contributed by atoms with Gasteiger partial charge in [-0.3, -0.25) is 0 Å². The van der Waals surface area contributed by atoms with Gasteiger partial charge in [0.25, 0.3) is 0 Å². The predicted octanol–water partition coefficient (Wildman–Crippen LogP) is 2.23. The van der Waals surface area contributed by atoms with Crippen molar-refractivity contribution >= 4 is 0 Å². The standard InChI is InChI=1S/C11H26N2/c1-7-11(4,5)13(6)9-8-10(2,3)12/h7-9,12H2,1-6H3. The van der Waals surface area contributed by atoms with Crippen LogP contribution in [0.4, 0.5) is 0 Å². The van der Waals surface area contributed by atoms with Gasteiger partial charge in [-0.25, -0.2) is 0 Å². The Balaban J connectivity index is 3.95. The van der Waals surface area contributed by atoms with E-state index in [2.05, 4.69) is 46.6 Å². The number of hydrogen-bond acceptors (Lipinski definition) is 2. The molecular formula is C11H26N2. The fraction of sp³-hybridized carbons (Fsp3) is 1.00. The maximum atomic E-state index is 5.94. The number of rotatable bonds is 5. The van der Waals surface area contributed by atoms with Crippen LogP contribution < -0.4 is 5.73 Å². The highest BCUT2D eigenvalue weighted by molar-refractivity contribution is 4.80. The molecule has 0 rings (SSSR count). The Morgan fingerprint density at radius 2 is 1.62 bits per heavy atom. The largest absolute Gasteiger partial charge is 0.326 e. The minimum absolute atomic E-state index is 0.0436. The average Bonchev–Trinajstić information content (AvgIpc) is 1.98. The molecule has 0 aromatic rings. The van der Waals surface area contributed by atoms with Crippen molar-refractivity contribution < 1.29 is 0 Å². The minimum atomic E-state index is -0.0436. The molecule has 2 heteroatoms. The van der Waals surface area contributed by atoms with E-state index in [1.165, 1.54) is 6.42 Å². The Kier molecular flexibility index (Phi) is 4.40. The molecule has 0 unspecified atom stereocenters. The normalized spacial score (nSPS) is 13.8. The van der Waals surface area contributed by atoms with Crippen LogP contribution in [-0.2, 0) is 0 Å². The van der Waals surface area contributed by atoms with E-state index in [0.717, 1.165) is 13.0 Å². The van der Waals surface area contributed by atoms with Crippen LogP contribution in [0.5, 0.6) is 0 Å². The molecule has 0 amide bonds. The third-order valence-electron chi connectivity index (χ3n) is 2.99. The lowest BCUT2D eigenvalue weighted by atomic mass is 9.97. The Hall–Kier alpha value is -0.0800. The summed E-state index contributed by atoms with van der Waals surface area (Å²) in [7, 11) is 2.18. The second-order valence-electron chi connectivity index (χ2n) is 5.33. The van der Waals surface area contributed by atoms with Crippen molar-refractivity contribution in [3.63, 3.8) is 0 Å². The van der Waals surface area contributed by atoms with Gasteiger partial charge in [0, 0.05) is 17.6 Å². The summed E-state index contributed by atoms with van der Waals surface area (Å²) in [4.78, 5) is 2.39. The molecule has 0 atom stereocenters. The van der Waals surface area contributed by atoms with E-state index in [1.807, 2.05) is 0 Å². The van der Waals surface area contributed by atoms with Gasteiger partial charge in [0.1, 0.15) is 0 Å². The highest BCUT2D eigenvalue weighted by atomic mass is 15.2. The molecule has 0 aliphatic carbocycles. The third kappa shape index (κ3) is 5.27. The van der Waals surface area contributed by atoms with E-state index in [9.17, 15) is 0 Å². The van der Waals surface area contributed by atoms with Crippen LogP contribution in [-0.4, -0.2) is 29.6 Å². The topological polar surface area (TPSA) is 29.3 Å². The van der Waals surface area contributed by atoms with Crippen molar-refractivity contribution in [2.75, 3.05) is 13.6 Å². The van der Waals surface area contributed by atoms with Gasteiger partial charge in [-0.15, -0.1) is 0 Å². The van der Waals surface area contributed by atoms with Crippen LogP contribution in [0.1, 0.15) is 47.5 Å².